The standard InChI is InChI=1S/C85H139N27O35S/c1-9-38(4)64(81(144)112-65(41(7)114)82(145)97-40(6)83(146)147)111-80(143)56(35-113)110-73(136)49(23-27-148-8)98-66(129)39(5)96-68(131)46(17-20-57(115)116)102-76(139)52(30-60(121)122)107-72(135)48(19-22-59(119)120)101-71(134)47(18-21-58(117)118)103-77(140)53(31-61(123)124)109-79(142)55(33-63(127)128)108-75(138)51(29-42-34-92-36-95-42)105-74(137)50(28-37(2)3)104-78(141)54(32-62(125)126)106-70(133)44(15-10-11-24-86)100-69(132)45(16-13-26-94-85(90)91)99-67(130)43(87)14-12-25-93-84(88)89/h34,36-41,43-56,64-65,113-114H,9-33,35,86-87H2,1-8H3,(H,92,95)(H,96,131)(H,97,145)(H,98,129)(H,99,130)(H,100,132)(H,101,134)(H,102,139)(H,103,140)(H,104,141)(H,105,137)(H,106,133)(H,107,135)(H,108,138)(H,109,142)(H,110,136)(H,111,143)(H,112,144)(H,115,116)(H,117,118)(H,119,120)(H,121,122)(H,123,124)(H,125,126)(H,127,128)(H,146,147)(H4,88,89,93)(H4,90,91,94). The lowest BCUT2D eigenvalue weighted by atomic mass is 9.97. The Morgan fingerprint density at radius 3 is 1.05 bits per heavy atom. The number of nitrogens with two attached hydrogens (primary N) is 4. The summed E-state index contributed by atoms with van der Waals surface area (Å²) in [5.74, 6) is -38.5. The van der Waals surface area contributed by atoms with E-state index in [1.807, 2.05) is 26.6 Å². The number of thioether (sulfide) groups is 1. The predicted octanol–water partition coefficient (Wildman–Crippen LogP) is -12.0. The molecule has 0 bridgehead atoms. The maximum Gasteiger partial charge on any atom is 0.325 e. The van der Waals surface area contributed by atoms with Crippen LogP contribution in [0.1, 0.15) is 183 Å². The molecule has 0 aromatic carbocycles. The van der Waals surface area contributed by atoms with Gasteiger partial charge in [-0.1, -0.05) is 34.1 Å². The third-order valence-electron chi connectivity index (χ3n) is 21.8. The van der Waals surface area contributed by atoms with E-state index in [0.29, 0.717) is 0 Å². The maximum absolute atomic E-state index is 14.6. The molecule has 0 saturated heterocycles. The second kappa shape index (κ2) is 68.1. The predicted molar refractivity (Wildman–Crippen MR) is 514 cm³/mol. The van der Waals surface area contributed by atoms with Gasteiger partial charge in [-0.25, -0.2) is 4.98 Å². The van der Waals surface area contributed by atoms with Crippen LogP contribution in [0.15, 0.2) is 12.5 Å². The highest BCUT2D eigenvalue weighted by atomic mass is 32.2. The Morgan fingerprint density at radius 2 is 0.689 bits per heavy atom. The summed E-state index contributed by atoms with van der Waals surface area (Å²) in [6.07, 6.45) is -10.1. The second-order valence-corrected chi connectivity index (χ2v) is 35.6. The SMILES string of the molecule is CCC(C)C(NC(=O)C(CO)NC(=O)C(CCSC)NC(=O)C(C)NC(=O)C(CCC(=O)O)NC(=O)C(CC(=O)O)NC(=O)C(CCC(=O)O)NC(=O)C(CCC(=O)O)NC(=O)C(CC(=O)O)NC(=O)C(CC(=O)O)NC(=O)C(Cc1c[nH]cn1)NC(=O)C(CC(C)C)NC(=O)C(CC(=O)O)NC(=O)C(CCCCN)NC(=O)C(CCCNC(=N)N)NC(=O)C(N)CCCNC(=N)N)C(=O)NC(C(=O)NC(C)C(=O)O)C(C)O. The van der Waals surface area contributed by atoms with Crippen molar-refractivity contribution >= 4 is 172 Å². The Hall–Kier alpha value is -15.3. The second-order valence-electron chi connectivity index (χ2n) is 34.6. The summed E-state index contributed by atoms with van der Waals surface area (Å²) < 4.78 is 0. The molecule has 0 spiro atoms. The minimum absolute atomic E-state index is 0.0250. The fourth-order valence-electron chi connectivity index (χ4n) is 13.5. The third kappa shape index (κ3) is 52.0. The molecular formula is C85H139N27O35S. The van der Waals surface area contributed by atoms with Crippen LogP contribution < -0.4 is 124 Å². The van der Waals surface area contributed by atoms with Crippen LogP contribution in [-0.4, -0.2) is 374 Å². The van der Waals surface area contributed by atoms with E-state index in [2.05, 4.69) is 84.4 Å². The van der Waals surface area contributed by atoms with Crippen LogP contribution in [-0.2, 0) is 126 Å². The highest BCUT2D eigenvalue weighted by molar-refractivity contribution is 7.98. The summed E-state index contributed by atoms with van der Waals surface area (Å²) in [5.41, 5.74) is 22.5. The largest absolute Gasteiger partial charge is 0.481 e. The number of carbonyl (C=O) groups is 25. The molecule has 20 atom stereocenters. The Bertz CT molecular complexity index is 4770. The molecular weight excluding hydrogens is 1990 g/mol. The van der Waals surface area contributed by atoms with E-state index in [0.717, 1.165) is 38.9 Å². The number of hydrogen-bond donors (Lipinski definition) is 36. The summed E-state index contributed by atoms with van der Waals surface area (Å²) >= 11 is 1.15. The summed E-state index contributed by atoms with van der Waals surface area (Å²) in [6.45, 7) is 8.52. The van der Waals surface area contributed by atoms with Crippen molar-refractivity contribution in [3.63, 3.8) is 0 Å². The van der Waals surface area contributed by atoms with Crippen molar-refractivity contribution in [1.82, 2.24) is 111 Å². The molecule has 62 nitrogen and oxygen atoms in total. The van der Waals surface area contributed by atoms with E-state index in [-0.39, 0.29) is 101 Å². The van der Waals surface area contributed by atoms with Gasteiger partial charge in [-0.15, -0.1) is 0 Å². The smallest absolute Gasteiger partial charge is 0.325 e. The first-order chi connectivity index (χ1) is 69.3. The molecule has 0 saturated carbocycles. The fourth-order valence-corrected chi connectivity index (χ4v) is 14.0. The van der Waals surface area contributed by atoms with Crippen LogP contribution in [0.25, 0.3) is 0 Å². The van der Waals surface area contributed by atoms with E-state index in [1.54, 1.807) is 27.0 Å². The average Bonchev–Trinajstić information content (AvgIpc) is 1.19. The number of imidazole rings is 1. The first-order valence-corrected chi connectivity index (χ1v) is 48.0. The van der Waals surface area contributed by atoms with Crippen molar-refractivity contribution in [3.05, 3.63) is 18.2 Å². The third-order valence-corrected chi connectivity index (χ3v) is 22.4. The molecule has 148 heavy (non-hydrogen) atoms. The van der Waals surface area contributed by atoms with Crippen LogP contribution in [0.3, 0.4) is 0 Å². The Morgan fingerprint density at radius 1 is 0.372 bits per heavy atom. The number of amides is 17. The van der Waals surface area contributed by atoms with Crippen LogP contribution in [0, 0.1) is 22.7 Å². The topological polar surface area (TPSA) is 1040 Å². The van der Waals surface area contributed by atoms with E-state index in [4.69, 9.17) is 33.8 Å². The minimum Gasteiger partial charge on any atom is -0.481 e. The first-order valence-electron chi connectivity index (χ1n) is 46.6. The minimum atomic E-state index is -2.49. The van der Waals surface area contributed by atoms with E-state index < -0.39 is 358 Å². The highest BCUT2D eigenvalue weighted by Gasteiger charge is 2.42. The van der Waals surface area contributed by atoms with Crippen LogP contribution in [0.4, 0.5) is 0 Å². The van der Waals surface area contributed by atoms with Gasteiger partial charge in [0.2, 0.25) is 100 Å². The molecule has 1 aromatic heterocycles. The Labute approximate surface area is 850 Å². The van der Waals surface area contributed by atoms with Crippen LogP contribution in [0.2, 0.25) is 0 Å². The van der Waals surface area contributed by atoms with Gasteiger partial charge < -0.3 is 180 Å². The molecule has 20 unspecified atom stereocenters. The molecule has 0 fully saturated rings. The lowest BCUT2D eigenvalue weighted by Gasteiger charge is -2.29. The first kappa shape index (κ1) is 131. The highest BCUT2D eigenvalue weighted by Crippen LogP contribution is 2.17. The van der Waals surface area contributed by atoms with Gasteiger partial charge in [0, 0.05) is 45.0 Å². The summed E-state index contributed by atoms with van der Waals surface area (Å²) in [7, 11) is 0. The molecule has 1 aromatic rings. The summed E-state index contributed by atoms with van der Waals surface area (Å²) in [4.78, 5) is 343. The molecule has 0 aliphatic rings. The molecule has 0 aliphatic carbocycles. The zero-order valence-corrected chi connectivity index (χ0v) is 83.3. The molecule has 0 aliphatic heterocycles. The van der Waals surface area contributed by atoms with Gasteiger partial charge in [-0.3, -0.25) is 131 Å². The number of aliphatic hydroxyl groups excluding tert-OH is 2. The number of unbranched alkanes of at least 4 members (excludes halogenated alkanes) is 1. The van der Waals surface area contributed by atoms with Crippen LogP contribution >= 0.6 is 11.8 Å². The zero-order chi connectivity index (χ0) is 113. The van der Waals surface area contributed by atoms with Gasteiger partial charge in [0.1, 0.15) is 103 Å². The Kier molecular flexibility index (Phi) is 60.2. The molecule has 830 valence electrons. The number of aromatic nitrogens is 2. The number of carboxylic acid groups (broad SMARTS) is 8. The number of aromatic amines is 1. The Balaban J connectivity index is 3.80. The molecule has 1 rings (SSSR count). The van der Waals surface area contributed by atoms with Crippen molar-refractivity contribution < 1.29 is 171 Å². The van der Waals surface area contributed by atoms with Crippen molar-refractivity contribution in [2.75, 3.05) is 38.2 Å². The summed E-state index contributed by atoms with van der Waals surface area (Å²) in [6, 6.07) is -34.2. The fraction of sp³-hybridized carbons (Fsp3) is 0.647. The lowest BCUT2D eigenvalue weighted by molar-refractivity contribution is -0.144. The monoisotopic (exact) mass is 2130 g/mol. The van der Waals surface area contributed by atoms with E-state index in [9.17, 15) is 171 Å². The molecule has 63 heteroatoms. The zero-order valence-electron chi connectivity index (χ0n) is 82.5. The van der Waals surface area contributed by atoms with Gasteiger partial charge in [-0.05, 0) is 128 Å². The van der Waals surface area contributed by atoms with Gasteiger partial charge in [-0.2, -0.15) is 11.8 Å². The number of nitrogens with zero attached hydrogens (tertiary/aromatic N) is 1. The van der Waals surface area contributed by atoms with E-state index >= 15 is 0 Å². The lowest BCUT2D eigenvalue weighted by Crippen LogP contribution is -2.62. The number of hydrogen-bond acceptors (Lipinski definition) is 33. The maximum atomic E-state index is 14.6. The van der Waals surface area contributed by atoms with Gasteiger partial charge >= 0.3 is 47.8 Å². The number of rotatable bonds is 75. The molecule has 40 N–H and O–H groups in total. The number of aliphatic carboxylic acids is 8. The number of carbonyl (C=O) groups excluding carboxylic acids is 17. The summed E-state index contributed by atoms with van der Waals surface area (Å²) in [5, 5.41) is 157. The van der Waals surface area contributed by atoms with Gasteiger partial charge in [0.15, 0.2) is 11.9 Å². The number of nitrogens with one attached hydrogen (secondary N) is 22. The van der Waals surface area contributed by atoms with E-state index in [1.165, 1.54) is 13.1 Å². The number of H-pyrrole nitrogens is 1. The molecule has 17 amide bonds. The molecule has 0 radical (unpaired) electrons. The quantitative estimate of drug-likeness (QED) is 0.0164. The number of aliphatic hydroxyl groups is 2. The van der Waals surface area contributed by atoms with Crippen molar-refractivity contribution in [1.29, 1.82) is 10.8 Å². The molecule has 1 heterocycles. The normalized spacial score (nSPS) is 15.1. The van der Waals surface area contributed by atoms with Crippen molar-refractivity contribution in [3.8, 4) is 0 Å². The van der Waals surface area contributed by atoms with Gasteiger partial charge in [0.25, 0.3) is 0 Å². The van der Waals surface area contributed by atoms with Crippen molar-refractivity contribution in [2.24, 2.45) is 34.8 Å². The van der Waals surface area contributed by atoms with Gasteiger partial charge in [0.05, 0.1) is 56.5 Å². The number of guanidine groups is 2. The van der Waals surface area contributed by atoms with Crippen LogP contribution in [0.5, 0.6) is 0 Å². The number of carboxylic acids is 8. The van der Waals surface area contributed by atoms with Crippen molar-refractivity contribution in [2.45, 2.75) is 298 Å². The average molecular weight is 2130 g/mol.